The van der Waals surface area contributed by atoms with E-state index >= 15 is 0 Å². The average Bonchev–Trinajstić information content (AvgIpc) is 2.29. The molecule has 72 valence electrons. The Labute approximate surface area is 77.3 Å². The number of carbonyl (C=O) groups is 2. The van der Waals surface area contributed by atoms with Crippen molar-refractivity contribution in [2.75, 3.05) is 19.6 Å². The summed E-state index contributed by atoms with van der Waals surface area (Å²) in [5.74, 6) is 0.133. The molecule has 2 fully saturated rings. The van der Waals surface area contributed by atoms with Gasteiger partial charge in [-0.25, -0.2) is 0 Å². The highest BCUT2D eigenvalue weighted by Gasteiger charge is 2.43. The second-order valence-electron chi connectivity index (χ2n) is 4.16. The molecule has 0 saturated carbocycles. The van der Waals surface area contributed by atoms with Crippen molar-refractivity contribution in [2.24, 2.45) is 5.41 Å². The molecular formula is C9H14N2O2. The monoisotopic (exact) mass is 182 g/mol. The van der Waals surface area contributed by atoms with Gasteiger partial charge in [0.05, 0.1) is 5.41 Å². The van der Waals surface area contributed by atoms with Crippen molar-refractivity contribution in [2.45, 2.75) is 19.8 Å². The fourth-order valence-corrected chi connectivity index (χ4v) is 1.83. The fraction of sp³-hybridized carbons (Fsp3) is 0.778. The van der Waals surface area contributed by atoms with E-state index in [1.165, 1.54) is 0 Å². The number of nitrogens with one attached hydrogen (secondary N) is 1. The van der Waals surface area contributed by atoms with E-state index in [-0.39, 0.29) is 11.8 Å². The Morgan fingerprint density at radius 1 is 1.54 bits per heavy atom. The van der Waals surface area contributed by atoms with E-state index < -0.39 is 5.41 Å². The van der Waals surface area contributed by atoms with E-state index in [4.69, 9.17) is 0 Å². The maximum atomic E-state index is 11.8. The molecule has 4 nitrogen and oxygen atoms in total. The summed E-state index contributed by atoms with van der Waals surface area (Å²) in [5, 5.41) is 2.71. The van der Waals surface area contributed by atoms with Crippen LogP contribution in [0.1, 0.15) is 19.8 Å². The first-order valence-electron chi connectivity index (χ1n) is 4.68. The van der Waals surface area contributed by atoms with E-state index in [2.05, 4.69) is 5.32 Å². The van der Waals surface area contributed by atoms with Crippen LogP contribution in [0.3, 0.4) is 0 Å². The zero-order chi connectivity index (χ0) is 9.47. The average molecular weight is 182 g/mol. The van der Waals surface area contributed by atoms with Gasteiger partial charge in [0.2, 0.25) is 11.8 Å². The molecule has 1 unspecified atom stereocenters. The Bertz CT molecular complexity index is 260. The number of amides is 2. The van der Waals surface area contributed by atoms with Gasteiger partial charge in [0.25, 0.3) is 0 Å². The number of hydrogen-bond donors (Lipinski definition) is 1. The predicted molar refractivity (Wildman–Crippen MR) is 46.9 cm³/mol. The quantitative estimate of drug-likeness (QED) is 0.607. The Morgan fingerprint density at radius 3 is 2.62 bits per heavy atom. The minimum absolute atomic E-state index is 0.00336. The molecule has 1 atom stereocenters. The van der Waals surface area contributed by atoms with Crippen molar-refractivity contribution < 1.29 is 9.59 Å². The first kappa shape index (κ1) is 8.53. The lowest BCUT2D eigenvalue weighted by atomic mass is 9.87. The Balaban J connectivity index is 2.05. The fourth-order valence-electron chi connectivity index (χ4n) is 1.83. The molecule has 0 bridgehead atoms. The number of carbonyl (C=O) groups excluding carboxylic acids is 2. The van der Waals surface area contributed by atoms with Crippen LogP contribution < -0.4 is 5.32 Å². The van der Waals surface area contributed by atoms with Crippen molar-refractivity contribution in [3.05, 3.63) is 0 Å². The smallest absolute Gasteiger partial charge is 0.230 e. The van der Waals surface area contributed by atoms with Gasteiger partial charge >= 0.3 is 0 Å². The lowest BCUT2D eigenvalue weighted by Gasteiger charge is -2.36. The Morgan fingerprint density at radius 2 is 2.23 bits per heavy atom. The molecule has 0 aromatic heterocycles. The summed E-state index contributed by atoms with van der Waals surface area (Å²) in [6, 6.07) is 0. The zero-order valence-electron chi connectivity index (χ0n) is 7.80. The van der Waals surface area contributed by atoms with Crippen LogP contribution in [-0.4, -0.2) is 36.3 Å². The van der Waals surface area contributed by atoms with E-state index in [0.717, 1.165) is 19.5 Å². The third-order valence-corrected chi connectivity index (χ3v) is 2.89. The molecule has 2 heterocycles. The largest absolute Gasteiger partial charge is 0.355 e. The van der Waals surface area contributed by atoms with Gasteiger partial charge in [0.1, 0.15) is 0 Å². The van der Waals surface area contributed by atoms with E-state index in [1.54, 1.807) is 0 Å². The van der Waals surface area contributed by atoms with Crippen LogP contribution in [0.25, 0.3) is 0 Å². The van der Waals surface area contributed by atoms with Crippen LogP contribution in [0.5, 0.6) is 0 Å². The van der Waals surface area contributed by atoms with Gasteiger partial charge < -0.3 is 10.2 Å². The maximum absolute atomic E-state index is 11.8. The van der Waals surface area contributed by atoms with Crippen LogP contribution in [-0.2, 0) is 9.59 Å². The number of hydrogen-bond acceptors (Lipinski definition) is 2. The molecule has 1 N–H and O–H groups in total. The van der Waals surface area contributed by atoms with Gasteiger partial charge in [-0.1, -0.05) is 0 Å². The highest BCUT2D eigenvalue weighted by Crippen LogP contribution is 2.29. The van der Waals surface area contributed by atoms with Crippen molar-refractivity contribution in [1.82, 2.24) is 10.2 Å². The third-order valence-electron chi connectivity index (χ3n) is 2.89. The van der Waals surface area contributed by atoms with Crippen LogP contribution in [0.4, 0.5) is 0 Å². The summed E-state index contributed by atoms with van der Waals surface area (Å²) in [6.07, 6.45) is 1.45. The molecule has 0 aromatic carbocycles. The highest BCUT2D eigenvalue weighted by molar-refractivity contribution is 5.92. The standard InChI is InChI=1S/C9H14N2O2/c1-9(5-7(12)10-6-9)8(13)11-3-2-4-11/h2-6H2,1H3,(H,10,12). The lowest BCUT2D eigenvalue weighted by Crippen LogP contribution is -2.50. The normalized spacial score (nSPS) is 32.7. The maximum Gasteiger partial charge on any atom is 0.230 e. The van der Waals surface area contributed by atoms with Crippen molar-refractivity contribution in [3.8, 4) is 0 Å². The van der Waals surface area contributed by atoms with Gasteiger partial charge in [-0.05, 0) is 13.3 Å². The topological polar surface area (TPSA) is 49.4 Å². The molecule has 2 amide bonds. The number of nitrogens with zero attached hydrogens (tertiary/aromatic N) is 1. The molecule has 0 aromatic rings. The second kappa shape index (κ2) is 2.72. The van der Waals surface area contributed by atoms with Crippen LogP contribution in [0.2, 0.25) is 0 Å². The second-order valence-corrected chi connectivity index (χ2v) is 4.16. The van der Waals surface area contributed by atoms with Gasteiger partial charge in [0, 0.05) is 26.1 Å². The molecule has 2 aliphatic heterocycles. The minimum Gasteiger partial charge on any atom is -0.355 e. The molecular weight excluding hydrogens is 168 g/mol. The van der Waals surface area contributed by atoms with Crippen molar-refractivity contribution >= 4 is 11.8 Å². The van der Waals surface area contributed by atoms with Gasteiger partial charge in [-0.15, -0.1) is 0 Å². The van der Waals surface area contributed by atoms with Crippen LogP contribution >= 0.6 is 0 Å². The molecule has 2 aliphatic rings. The van der Waals surface area contributed by atoms with Gasteiger partial charge in [0.15, 0.2) is 0 Å². The third kappa shape index (κ3) is 1.30. The Kier molecular flexibility index (Phi) is 1.78. The highest BCUT2D eigenvalue weighted by atomic mass is 16.2. The lowest BCUT2D eigenvalue weighted by molar-refractivity contribution is -0.144. The number of rotatable bonds is 1. The van der Waals surface area contributed by atoms with Crippen molar-refractivity contribution in [3.63, 3.8) is 0 Å². The summed E-state index contributed by atoms with van der Waals surface area (Å²) in [6.45, 7) is 4.10. The van der Waals surface area contributed by atoms with Gasteiger partial charge in [-0.3, -0.25) is 9.59 Å². The number of likely N-dealkylation sites (tertiary alicyclic amines) is 1. The molecule has 13 heavy (non-hydrogen) atoms. The van der Waals surface area contributed by atoms with Crippen LogP contribution in [0.15, 0.2) is 0 Å². The van der Waals surface area contributed by atoms with Crippen LogP contribution in [0, 0.1) is 5.41 Å². The van der Waals surface area contributed by atoms with Gasteiger partial charge in [-0.2, -0.15) is 0 Å². The van der Waals surface area contributed by atoms with E-state index in [1.807, 2.05) is 11.8 Å². The molecule has 4 heteroatoms. The molecule has 0 aliphatic carbocycles. The first-order chi connectivity index (χ1) is 6.12. The minimum atomic E-state index is -0.475. The summed E-state index contributed by atoms with van der Waals surface area (Å²) < 4.78 is 0. The molecule has 0 radical (unpaired) electrons. The SMILES string of the molecule is CC1(C(=O)N2CCC2)CNC(=O)C1. The summed E-state index contributed by atoms with van der Waals surface area (Å²) >= 11 is 0. The Hall–Kier alpha value is -1.06. The summed E-state index contributed by atoms with van der Waals surface area (Å²) in [5.41, 5.74) is -0.475. The molecule has 2 saturated heterocycles. The van der Waals surface area contributed by atoms with E-state index in [9.17, 15) is 9.59 Å². The molecule has 0 spiro atoms. The predicted octanol–water partition coefficient (Wildman–Crippen LogP) is -0.255. The summed E-state index contributed by atoms with van der Waals surface area (Å²) in [4.78, 5) is 24.7. The first-order valence-corrected chi connectivity index (χ1v) is 4.68. The van der Waals surface area contributed by atoms with Crippen molar-refractivity contribution in [1.29, 1.82) is 0 Å². The zero-order valence-corrected chi connectivity index (χ0v) is 7.80. The van der Waals surface area contributed by atoms with E-state index in [0.29, 0.717) is 13.0 Å². The summed E-state index contributed by atoms with van der Waals surface area (Å²) in [7, 11) is 0. The molecule has 2 rings (SSSR count).